The van der Waals surface area contributed by atoms with Crippen LogP contribution in [0.3, 0.4) is 0 Å². The standard InChI is InChI=1S/C19H23ClN4O2/c20-16-15(10-25)17(24-18(21)23-16)22-11-19(12-26)8-14(9-19)7-6-13-4-2-1-3-5-13/h1-5,10,14,26H,6-9,11-12H2,(H3,21,22,23,24). The second kappa shape index (κ2) is 8.01. The smallest absolute Gasteiger partial charge is 0.223 e. The minimum atomic E-state index is -0.201. The van der Waals surface area contributed by atoms with Crippen molar-refractivity contribution in [3.05, 3.63) is 46.6 Å². The number of nitrogens with zero attached hydrogens (tertiary/aromatic N) is 2. The van der Waals surface area contributed by atoms with Crippen LogP contribution in [0, 0.1) is 11.3 Å². The van der Waals surface area contributed by atoms with Gasteiger partial charge < -0.3 is 16.2 Å². The molecule has 0 bridgehead atoms. The number of nitrogen functional groups attached to an aromatic ring is 1. The molecule has 1 aliphatic rings. The van der Waals surface area contributed by atoms with E-state index in [9.17, 15) is 9.90 Å². The first kappa shape index (κ1) is 18.6. The van der Waals surface area contributed by atoms with Crippen LogP contribution in [0.15, 0.2) is 30.3 Å². The van der Waals surface area contributed by atoms with Crippen LogP contribution in [-0.4, -0.2) is 34.5 Å². The van der Waals surface area contributed by atoms with Crippen LogP contribution in [0.5, 0.6) is 0 Å². The average molecular weight is 375 g/mol. The van der Waals surface area contributed by atoms with Crippen molar-refractivity contribution < 1.29 is 9.90 Å². The fourth-order valence-electron chi connectivity index (χ4n) is 3.68. The van der Waals surface area contributed by atoms with E-state index in [1.54, 1.807) is 0 Å². The third kappa shape index (κ3) is 4.14. The first-order valence-electron chi connectivity index (χ1n) is 8.72. The Hall–Kier alpha value is -2.18. The van der Waals surface area contributed by atoms with E-state index in [0.29, 0.717) is 24.6 Å². The minimum absolute atomic E-state index is 0.00972. The number of carbonyl (C=O) groups excluding carboxylic acids is 1. The Labute approximate surface area is 157 Å². The molecule has 1 aliphatic carbocycles. The van der Waals surface area contributed by atoms with Crippen molar-refractivity contribution in [2.75, 3.05) is 24.2 Å². The van der Waals surface area contributed by atoms with Gasteiger partial charge in [0.1, 0.15) is 11.0 Å². The van der Waals surface area contributed by atoms with Crippen LogP contribution in [0.2, 0.25) is 5.15 Å². The molecule has 1 heterocycles. The highest BCUT2D eigenvalue weighted by atomic mass is 35.5. The highest BCUT2D eigenvalue weighted by Gasteiger charge is 2.43. The fraction of sp³-hybridized carbons (Fsp3) is 0.421. The second-order valence-electron chi connectivity index (χ2n) is 7.06. The number of nitrogens with two attached hydrogens (primary N) is 1. The molecule has 1 fully saturated rings. The van der Waals surface area contributed by atoms with Gasteiger partial charge >= 0.3 is 0 Å². The van der Waals surface area contributed by atoms with Gasteiger partial charge in [-0.2, -0.15) is 4.98 Å². The number of aliphatic hydroxyl groups excluding tert-OH is 1. The molecule has 1 aromatic carbocycles. The zero-order valence-corrected chi connectivity index (χ0v) is 15.2. The summed E-state index contributed by atoms with van der Waals surface area (Å²) in [7, 11) is 0. The van der Waals surface area contributed by atoms with Crippen LogP contribution in [0.4, 0.5) is 11.8 Å². The number of nitrogens with one attached hydrogen (secondary N) is 1. The number of rotatable bonds is 8. The van der Waals surface area contributed by atoms with Crippen LogP contribution in [0.25, 0.3) is 0 Å². The number of carbonyl (C=O) groups is 1. The first-order chi connectivity index (χ1) is 12.5. The van der Waals surface area contributed by atoms with Gasteiger partial charge in [0.15, 0.2) is 6.29 Å². The maximum Gasteiger partial charge on any atom is 0.223 e. The fourth-order valence-corrected chi connectivity index (χ4v) is 3.90. The number of hydrogen-bond donors (Lipinski definition) is 3. The Morgan fingerprint density at radius 1 is 1.31 bits per heavy atom. The summed E-state index contributed by atoms with van der Waals surface area (Å²) in [6.45, 7) is 0.603. The van der Waals surface area contributed by atoms with Gasteiger partial charge in [-0.1, -0.05) is 41.9 Å². The molecular formula is C19H23ClN4O2. The number of anilines is 2. The van der Waals surface area contributed by atoms with Crippen LogP contribution >= 0.6 is 11.6 Å². The molecule has 2 aromatic rings. The van der Waals surface area contributed by atoms with Gasteiger partial charge in [0.2, 0.25) is 5.95 Å². The molecule has 0 radical (unpaired) electrons. The molecule has 0 saturated heterocycles. The normalized spacial score (nSPS) is 21.8. The summed E-state index contributed by atoms with van der Waals surface area (Å²) >= 11 is 5.94. The maximum atomic E-state index is 11.2. The lowest BCUT2D eigenvalue weighted by Crippen LogP contribution is -2.45. The molecule has 7 heteroatoms. The van der Waals surface area contributed by atoms with Crippen molar-refractivity contribution in [3.8, 4) is 0 Å². The molecular weight excluding hydrogens is 352 g/mol. The molecule has 0 spiro atoms. The van der Waals surface area contributed by atoms with Crippen molar-refractivity contribution in [1.82, 2.24) is 9.97 Å². The molecule has 0 amide bonds. The van der Waals surface area contributed by atoms with E-state index in [1.807, 2.05) is 6.07 Å². The molecule has 0 atom stereocenters. The Morgan fingerprint density at radius 3 is 2.69 bits per heavy atom. The van der Waals surface area contributed by atoms with Gasteiger partial charge in [-0.05, 0) is 37.2 Å². The predicted octanol–water partition coefficient (Wildman–Crippen LogP) is 2.96. The van der Waals surface area contributed by atoms with Crippen molar-refractivity contribution in [2.24, 2.45) is 11.3 Å². The molecule has 26 heavy (non-hydrogen) atoms. The SMILES string of the molecule is Nc1nc(Cl)c(C=O)c(NCC2(CO)CC(CCc3ccccc3)C2)n1. The van der Waals surface area contributed by atoms with E-state index in [2.05, 4.69) is 39.6 Å². The lowest BCUT2D eigenvalue weighted by atomic mass is 9.61. The number of halogens is 1. The third-order valence-electron chi connectivity index (χ3n) is 5.13. The lowest BCUT2D eigenvalue weighted by molar-refractivity contribution is 0.00301. The Kier molecular flexibility index (Phi) is 5.74. The lowest BCUT2D eigenvalue weighted by Gasteiger charge is -2.47. The molecule has 0 aliphatic heterocycles. The van der Waals surface area contributed by atoms with Crippen molar-refractivity contribution >= 4 is 29.7 Å². The summed E-state index contributed by atoms with van der Waals surface area (Å²) in [5.41, 5.74) is 6.94. The van der Waals surface area contributed by atoms with E-state index in [0.717, 1.165) is 25.7 Å². The van der Waals surface area contributed by atoms with E-state index in [1.165, 1.54) is 5.56 Å². The van der Waals surface area contributed by atoms with Gasteiger partial charge in [-0.15, -0.1) is 0 Å². The molecule has 4 N–H and O–H groups in total. The number of aldehydes is 1. The molecule has 6 nitrogen and oxygen atoms in total. The number of aromatic nitrogens is 2. The number of benzene rings is 1. The molecule has 138 valence electrons. The molecule has 1 aromatic heterocycles. The third-order valence-corrected chi connectivity index (χ3v) is 5.42. The topological polar surface area (TPSA) is 101 Å². The zero-order valence-electron chi connectivity index (χ0n) is 14.5. The summed E-state index contributed by atoms with van der Waals surface area (Å²) in [5.74, 6) is 0.919. The molecule has 1 saturated carbocycles. The summed E-state index contributed by atoms with van der Waals surface area (Å²) < 4.78 is 0. The van der Waals surface area contributed by atoms with Gasteiger partial charge in [0, 0.05) is 12.0 Å². The van der Waals surface area contributed by atoms with Gasteiger partial charge in [-0.3, -0.25) is 4.79 Å². The predicted molar refractivity (Wildman–Crippen MR) is 102 cm³/mol. The number of aryl methyl sites for hydroxylation is 1. The first-order valence-corrected chi connectivity index (χ1v) is 9.10. The Balaban J connectivity index is 1.55. The summed E-state index contributed by atoms with van der Waals surface area (Å²) in [6, 6.07) is 10.4. The average Bonchev–Trinajstić information content (AvgIpc) is 2.61. The number of aliphatic hydroxyl groups is 1. The van der Waals surface area contributed by atoms with Crippen molar-refractivity contribution in [2.45, 2.75) is 25.7 Å². The Morgan fingerprint density at radius 2 is 2.04 bits per heavy atom. The summed E-state index contributed by atoms with van der Waals surface area (Å²) in [5, 5.41) is 13.0. The van der Waals surface area contributed by atoms with E-state index >= 15 is 0 Å². The van der Waals surface area contributed by atoms with Gasteiger partial charge in [0.25, 0.3) is 0 Å². The van der Waals surface area contributed by atoms with E-state index < -0.39 is 0 Å². The van der Waals surface area contributed by atoms with Crippen LogP contribution in [0.1, 0.15) is 35.2 Å². The van der Waals surface area contributed by atoms with E-state index in [-0.39, 0.29) is 28.7 Å². The summed E-state index contributed by atoms with van der Waals surface area (Å²) in [4.78, 5) is 19.0. The summed E-state index contributed by atoms with van der Waals surface area (Å²) in [6.07, 6.45) is 4.65. The highest BCUT2D eigenvalue weighted by molar-refractivity contribution is 6.32. The van der Waals surface area contributed by atoms with Gasteiger partial charge in [-0.25, -0.2) is 4.98 Å². The second-order valence-corrected chi connectivity index (χ2v) is 7.42. The molecule has 3 rings (SSSR count). The van der Waals surface area contributed by atoms with Crippen LogP contribution in [-0.2, 0) is 6.42 Å². The molecule has 0 unspecified atom stereocenters. The monoisotopic (exact) mass is 374 g/mol. The highest BCUT2D eigenvalue weighted by Crippen LogP contribution is 2.47. The zero-order chi connectivity index (χ0) is 18.6. The van der Waals surface area contributed by atoms with E-state index in [4.69, 9.17) is 17.3 Å². The maximum absolute atomic E-state index is 11.2. The quantitative estimate of drug-likeness (QED) is 0.485. The van der Waals surface area contributed by atoms with Crippen LogP contribution < -0.4 is 11.1 Å². The Bertz CT molecular complexity index is 764. The van der Waals surface area contributed by atoms with Crippen molar-refractivity contribution in [3.63, 3.8) is 0 Å². The largest absolute Gasteiger partial charge is 0.396 e. The van der Waals surface area contributed by atoms with Crippen molar-refractivity contribution in [1.29, 1.82) is 0 Å². The minimum Gasteiger partial charge on any atom is -0.396 e. The number of hydrogen-bond acceptors (Lipinski definition) is 6. The van der Waals surface area contributed by atoms with Gasteiger partial charge in [0.05, 0.1) is 12.2 Å².